The van der Waals surface area contributed by atoms with Crippen LogP contribution in [0.2, 0.25) is 0 Å². The summed E-state index contributed by atoms with van der Waals surface area (Å²) >= 11 is 0. The van der Waals surface area contributed by atoms with Crippen LogP contribution in [0.5, 0.6) is 11.5 Å². The molecule has 0 amide bonds. The van der Waals surface area contributed by atoms with Crippen molar-refractivity contribution in [2.24, 2.45) is 0 Å². The molecule has 1 aliphatic rings. The highest BCUT2D eigenvalue weighted by Crippen LogP contribution is 2.29. The van der Waals surface area contributed by atoms with Gasteiger partial charge in [-0.05, 0) is 44.4 Å². The van der Waals surface area contributed by atoms with E-state index in [0.29, 0.717) is 13.2 Å². The lowest BCUT2D eigenvalue weighted by Gasteiger charge is -2.15. The van der Waals surface area contributed by atoms with Crippen molar-refractivity contribution in [2.45, 2.75) is 39.3 Å². The molecule has 0 bridgehead atoms. The van der Waals surface area contributed by atoms with E-state index in [4.69, 9.17) is 14.2 Å². The maximum atomic E-state index is 5.87. The number of benzene rings is 1. The van der Waals surface area contributed by atoms with E-state index in [2.05, 4.69) is 15.3 Å². The lowest BCUT2D eigenvalue weighted by molar-refractivity contribution is 0.0669. The van der Waals surface area contributed by atoms with Crippen LogP contribution >= 0.6 is 0 Å². The van der Waals surface area contributed by atoms with Crippen molar-refractivity contribution in [1.29, 1.82) is 0 Å². The van der Waals surface area contributed by atoms with Gasteiger partial charge in [-0.1, -0.05) is 6.07 Å². The maximum Gasteiger partial charge on any atom is 0.161 e. The van der Waals surface area contributed by atoms with E-state index < -0.39 is 0 Å². The molecule has 1 fully saturated rings. The monoisotopic (exact) mass is 343 g/mol. The van der Waals surface area contributed by atoms with Gasteiger partial charge in [0, 0.05) is 24.9 Å². The van der Waals surface area contributed by atoms with Crippen LogP contribution in [0.1, 0.15) is 29.9 Å². The summed E-state index contributed by atoms with van der Waals surface area (Å²) in [6.07, 6.45) is 2.36. The van der Waals surface area contributed by atoms with Gasteiger partial charge < -0.3 is 19.5 Å². The first-order chi connectivity index (χ1) is 12.1. The van der Waals surface area contributed by atoms with E-state index in [1.807, 2.05) is 38.1 Å². The number of methoxy groups -OCH3 is 1. The number of hydrogen-bond acceptors (Lipinski definition) is 6. The Morgan fingerprint density at radius 1 is 1.20 bits per heavy atom. The minimum atomic E-state index is 0.190. The van der Waals surface area contributed by atoms with Gasteiger partial charge in [0.15, 0.2) is 11.5 Å². The Morgan fingerprint density at radius 3 is 2.80 bits per heavy atom. The molecule has 1 aliphatic heterocycles. The van der Waals surface area contributed by atoms with E-state index in [0.717, 1.165) is 53.8 Å². The molecule has 1 N–H and O–H groups in total. The van der Waals surface area contributed by atoms with Crippen LogP contribution in [0.15, 0.2) is 24.3 Å². The van der Waals surface area contributed by atoms with Gasteiger partial charge in [-0.25, -0.2) is 9.97 Å². The van der Waals surface area contributed by atoms with Crippen molar-refractivity contribution >= 4 is 5.82 Å². The zero-order chi connectivity index (χ0) is 17.6. The van der Waals surface area contributed by atoms with E-state index in [1.54, 1.807) is 7.11 Å². The lowest BCUT2D eigenvalue weighted by Crippen LogP contribution is -2.16. The predicted molar refractivity (Wildman–Crippen MR) is 96.3 cm³/mol. The highest BCUT2D eigenvalue weighted by molar-refractivity contribution is 5.44. The molecule has 3 rings (SSSR count). The summed E-state index contributed by atoms with van der Waals surface area (Å²) in [5, 5.41) is 3.32. The number of hydrogen-bond donors (Lipinski definition) is 1. The van der Waals surface area contributed by atoms with Crippen LogP contribution in [0.4, 0.5) is 5.82 Å². The summed E-state index contributed by atoms with van der Waals surface area (Å²) in [4.78, 5) is 8.67. The molecule has 6 heteroatoms. The maximum absolute atomic E-state index is 5.87. The van der Waals surface area contributed by atoms with Crippen LogP contribution in [0.25, 0.3) is 0 Å². The van der Waals surface area contributed by atoms with E-state index >= 15 is 0 Å². The number of rotatable bonds is 7. The Hall–Kier alpha value is -2.34. The molecule has 0 spiro atoms. The van der Waals surface area contributed by atoms with Gasteiger partial charge in [-0.15, -0.1) is 0 Å². The molecule has 1 aromatic carbocycles. The van der Waals surface area contributed by atoms with Crippen LogP contribution in [0, 0.1) is 13.8 Å². The summed E-state index contributed by atoms with van der Waals surface area (Å²) in [5.41, 5.74) is 2.04. The van der Waals surface area contributed by atoms with Gasteiger partial charge in [0.1, 0.15) is 18.2 Å². The number of ether oxygens (including phenoxy) is 3. The Bertz CT molecular complexity index is 695. The van der Waals surface area contributed by atoms with Gasteiger partial charge in [0.2, 0.25) is 0 Å². The molecule has 2 aromatic rings. The van der Waals surface area contributed by atoms with Gasteiger partial charge >= 0.3 is 0 Å². The number of nitrogens with one attached hydrogen (secondary N) is 1. The molecule has 1 atom stereocenters. The molecule has 25 heavy (non-hydrogen) atoms. The van der Waals surface area contributed by atoms with Crippen molar-refractivity contribution in [3.8, 4) is 11.5 Å². The molecule has 6 nitrogen and oxygen atoms in total. The van der Waals surface area contributed by atoms with Crippen molar-refractivity contribution in [3.63, 3.8) is 0 Å². The van der Waals surface area contributed by atoms with E-state index in [1.165, 1.54) is 0 Å². The largest absolute Gasteiger partial charge is 0.493 e. The molecule has 2 heterocycles. The summed E-state index contributed by atoms with van der Waals surface area (Å²) in [5.74, 6) is 3.06. The fourth-order valence-corrected chi connectivity index (χ4v) is 2.90. The normalized spacial score (nSPS) is 16.7. The van der Waals surface area contributed by atoms with Crippen molar-refractivity contribution in [3.05, 3.63) is 41.3 Å². The lowest BCUT2D eigenvalue weighted by atomic mass is 10.2. The Kier molecular flexibility index (Phi) is 5.71. The van der Waals surface area contributed by atoms with Gasteiger partial charge in [-0.2, -0.15) is 0 Å². The Labute approximate surface area is 148 Å². The fraction of sp³-hybridized carbons (Fsp3) is 0.474. The van der Waals surface area contributed by atoms with Crippen molar-refractivity contribution in [1.82, 2.24) is 9.97 Å². The summed E-state index contributed by atoms with van der Waals surface area (Å²) in [7, 11) is 1.66. The smallest absolute Gasteiger partial charge is 0.161 e. The van der Waals surface area contributed by atoms with Crippen LogP contribution < -0.4 is 14.8 Å². The second-order valence-corrected chi connectivity index (χ2v) is 6.23. The first-order valence-corrected chi connectivity index (χ1v) is 8.61. The molecule has 134 valence electrons. The number of nitrogens with zero attached hydrogens (tertiary/aromatic N) is 2. The van der Waals surface area contributed by atoms with Crippen LogP contribution in [0.3, 0.4) is 0 Å². The summed E-state index contributed by atoms with van der Waals surface area (Å²) < 4.78 is 16.9. The zero-order valence-electron chi connectivity index (χ0n) is 15.0. The topological polar surface area (TPSA) is 65.5 Å². The average Bonchev–Trinajstić information content (AvgIpc) is 3.11. The van der Waals surface area contributed by atoms with E-state index in [-0.39, 0.29) is 6.10 Å². The molecular formula is C19H25N3O3. The van der Waals surface area contributed by atoms with Gasteiger partial charge in [0.25, 0.3) is 0 Å². The molecule has 0 saturated carbocycles. The van der Waals surface area contributed by atoms with Crippen LogP contribution in [-0.4, -0.2) is 36.4 Å². The Balaban J connectivity index is 1.62. The average molecular weight is 343 g/mol. The van der Waals surface area contributed by atoms with Gasteiger partial charge in [0.05, 0.1) is 13.2 Å². The fourth-order valence-electron chi connectivity index (χ4n) is 2.90. The minimum Gasteiger partial charge on any atom is -0.493 e. The summed E-state index contributed by atoms with van der Waals surface area (Å²) in [6, 6.07) is 7.89. The number of anilines is 1. The highest BCUT2D eigenvalue weighted by Gasteiger charge is 2.17. The third-order valence-electron chi connectivity index (χ3n) is 4.12. The molecule has 0 aliphatic carbocycles. The zero-order valence-corrected chi connectivity index (χ0v) is 15.0. The first-order valence-electron chi connectivity index (χ1n) is 8.61. The third-order valence-corrected chi connectivity index (χ3v) is 4.12. The molecule has 1 aromatic heterocycles. The standard InChI is InChI=1S/C19H25N3O3/c1-13-9-19(22-14(2)21-13)20-11-15-6-7-17(18(10-15)23-3)25-12-16-5-4-8-24-16/h6-7,9-10,16H,4-5,8,11-12H2,1-3H3,(H,20,21,22)/t16-/m1/s1. The van der Waals surface area contributed by atoms with Crippen LogP contribution in [-0.2, 0) is 11.3 Å². The SMILES string of the molecule is COc1cc(CNc2cc(C)nc(C)n2)ccc1OC[C@H]1CCCO1. The molecular weight excluding hydrogens is 318 g/mol. The van der Waals surface area contributed by atoms with Crippen molar-refractivity contribution in [2.75, 3.05) is 25.6 Å². The number of aromatic nitrogens is 2. The first kappa shape index (κ1) is 17.5. The molecule has 0 radical (unpaired) electrons. The Morgan fingerprint density at radius 2 is 2.08 bits per heavy atom. The number of aryl methyl sites for hydroxylation is 2. The van der Waals surface area contributed by atoms with Crippen molar-refractivity contribution < 1.29 is 14.2 Å². The minimum absolute atomic E-state index is 0.190. The van der Waals surface area contributed by atoms with E-state index in [9.17, 15) is 0 Å². The third kappa shape index (κ3) is 4.82. The quantitative estimate of drug-likeness (QED) is 0.832. The molecule has 1 saturated heterocycles. The van der Waals surface area contributed by atoms with Gasteiger partial charge in [-0.3, -0.25) is 0 Å². The second kappa shape index (κ2) is 8.16. The highest BCUT2D eigenvalue weighted by atomic mass is 16.5. The summed E-state index contributed by atoms with van der Waals surface area (Å²) in [6.45, 7) is 5.90. The molecule has 0 unspecified atom stereocenters. The predicted octanol–water partition coefficient (Wildman–Crippen LogP) is 3.27. The second-order valence-electron chi connectivity index (χ2n) is 6.23.